The van der Waals surface area contributed by atoms with Crippen LogP contribution in [-0.2, 0) is 0 Å². The van der Waals surface area contributed by atoms with Crippen molar-refractivity contribution >= 4 is 38.8 Å². The van der Waals surface area contributed by atoms with Crippen molar-refractivity contribution < 1.29 is 0 Å². The van der Waals surface area contributed by atoms with Crippen molar-refractivity contribution in [3.05, 3.63) is 188 Å². The zero-order valence-corrected chi connectivity index (χ0v) is 27.9. The molecule has 5 nitrogen and oxygen atoms in total. The number of aromatic nitrogens is 4. The van der Waals surface area contributed by atoms with E-state index in [1.807, 2.05) is 60.7 Å². The molecule has 8 aromatic rings. The zero-order valence-electron chi connectivity index (χ0n) is 27.9. The summed E-state index contributed by atoms with van der Waals surface area (Å²) in [5.41, 5.74) is 10.4. The fourth-order valence-electron chi connectivity index (χ4n) is 6.94. The molecule has 0 saturated heterocycles. The van der Waals surface area contributed by atoms with E-state index in [1.54, 1.807) is 0 Å². The van der Waals surface area contributed by atoms with Gasteiger partial charge in [0.2, 0.25) is 0 Å². The van der Waals surface area contributed by atoms with Crippen molar-refractivity contribution in [2.45, 2.75) is 0 Å². The van der Waals surface area contributed by atoms with E-state index in [4.69, 9.17) is 15.0 Å². The molecule has 0 spiro atoms. The normalized spacial score (nSPS) is 14.1. The summed E-state index contributed by atoms with van der Waals surface area (Å²) >= 11 is 0. The molecule has 51 heavy (non-hydrogen) atoms. The van der Waals surface area contributed by atoms with E-state index < -0.39 is 0 Å². The van der Waals surface area contributed by atoms with E-state index in [0.29, 0.717) is 24.0 Å². The van der Waals surface area contributed by atoms with Gasteiger partial charge in [0.25, 0.3) is 0 Å². The van der Waals surface area contributed by atoms with Gasteiger partial charge in [0.1, 0.15) is 0 Å². The van der Waals surface area contributed by atoms with Crippen molar-refractivity contribution in [3.63, 3.8) is 0 Å². The third-order valence-corrected chi connectivity index (χ3v) is 9.39. The Morgan fingerprint density at radius 3 is 1.78 bits per heavy atom. The number of hydrogen-bond acceptors (Lipinski definition) is 4. The van der Waals surface area contributed by atoms with Crippen molar-refractivity contribution in [2.24, 2.45) is 0 Å². The molecule has 0 unspecified atom stereocenters. The average molecular weight is 656 g/mol. The minimum Gasteiger partial charge on any atom is -0.337 e. The minimum atomic E-state index is 0.621. The summed E-state index contributed by atoms with van der Waals surface area (Å²) in [6.07, 6.45) is 8.45. The molecule has 2 aromatic heterocycles. The van der Waals surface area contributed by atoms with Gasteiger partial charge in [-0.1, -0.05) is 140 Å². The van der Waals surface area contributed by atoms with Crippen molar-refractivity contribution in [3.8, 4) is 39.9 Å². The Bertz CT molecular complexity index is 2560. The van der Waals surface area contributed by atoms with Crippen molar-refractivity contribution in [1.29, 1.82) is 0 Å². The van der Waals surface area contributed by atoms with Gasteiger partial charge < -0.3 is 9.47 Å². The fourth-order valence-corrected chi connectivity index (χ4v) is 6.94. The molecule has 0 N–H and O–H groups in total. The van der Waals surface area contributed by atoms with Gasteiger partial charge >= 0.3 is 0 Å². The number of benzene rings is 6. The van der Waals surface area contributed by atoms with E-state index in [0.717, 1.165) is 50.4 Å². The second kappa shape index (κ2) is 12.9. The molecule has 0 aliphatic carbocycles. The summed E-state index contributed by atoms with van der Waals surface area (Å²) in [7, 11) is 0. The Morgan fingerprint density at radius 2 is 1.08 bits per heavy atom. The Labute approximate surface area is 296 Å². The molecule has 0 fully saturated rings. The van der Waals surface area contributed by atoms with Crippen LogP contribution in [0.1, 0.15) is 5.56 Å². The van der Waals surface area contributed by atoms with Gasteiger partial charge in [0.15, 0.2) is 17.5 Å². The van der Waals surface area contributed by atoms with E-state index >= 15 is 0 Å². The molecule has 0 bridgehead atoms. The van der Waals surface area contributed by atoms with Crippen LogP contribution in [0.3, 0.4) is 0 Å². The quantitative estimate of drug-likeness (QED) is 0.185. The van der Waals surface area contributed by atoms with Crippen LogP contribution in [0.2, 0.25) is 0 Å². The Morgan fingerprint density at radius 1 is 0.490 bits per heavy atom. The predicted molar refractivity (Wildman–Crippen MR) is 211 cm³/mol. The van der Waals surface area contributed by atoms with E-state index in [2.05, 4.69) is 131 Å². The standard InChI is InChI=1S/C46H33N5/c1-32-17-6-5-15-28-50(42-31-43-40(30-39(32)42)38-26-13-14-27-41(38)51(43)36-23-11-4-12-24-36)37-25-16-22-35(29-37)46-48-44(33-18-7-2-8-19-33)47-45(49-46)34-20-9-3-10-21-34/h2-27,29-31H,1,28H2/b15-5-,17-6-. The molecule has 0 saturated carbocycles. The lowest BCUT2D eigenvalue weighted by Crippen LogP contribution is -2.18. The topological polar surface area (TPSA) is 46.8 Å². The summed E-state index contributed by atoms with van der Waals surface area (Å²) < 4.78 is 2.36. The number of anilines is 2. The number of hydrogen-bond donors (Lipinski definition) is 0. The van der Waals surface area contributed by atoms with Crippen LogP contribution < -0.4 is 4.90 Å². The molecule has 0 amide bonds. The summed E-state index contributed by atoms with van der Waals surface area (Å²) in [5.74, 6) is 1.90. The van der Waals surface area contributed by atoms with Crippen LogP contribution in [0.5, 0.6) is 0 Å². The van der Waals surface area contributed by atoms with Gasteiger partial charge in [0, 0.05) is 50.9 Å². The second-order valence-electron chi connectivity index (χ2n) is 12.6. The summed E-state index contributed by atoms with van der Waals surface area (Å²) in [6.45, 7) is 5.20. The lowest BCUT2D eigenvalue weighted by molar-refractivity contribution is 1.07. The molecular formula is C46H33N5. The van der Waals surface area contributed by atoms with Gasteiger partial charge in [0.05, 0.1) is 16.7 Å². The maximum Gasteiger partial charge on any atom is 0.164 e. The van der Waals surface area contributed by atoms with Gasteiger partial charge in [-0.15, -0.1) is 0 Å². The molecule has 0 atom stereocenters. The molecule has 5 heteroatoms. The van der Waals surface area contributed by atoms with E-state index in [1.165, 1.54) is 16.3 Å². The van der Waals surface area contributed by atoms with Crippen LogP contribution in [0.25, 0.3) is 67.2 Å². The van der Waals surface area contributed by atoms with Gasteiger partial charge in [-0.25, -0.2) is 15.0 Å². The van der Waals surface area contributed by atoms with Crippen LogP contribution in [0.15, 0.2) is 183 Å². The first-order valence-electron chi connectivity index (χ1n) is 17.1. The van der Waals surface area contributed by atoms with Crippen LogP contribution in [-0.4, -0.2) is 26.1 Å². The first-order chi connectivity index (χ1) is 25.2. The summed E-state index contributed by atoms with van der Waals surface area (Å²) in [5, 5.41) is 2.40. The van der Waals surface area contributed by atoms with Crippen LogP contribution in [0, 0.1) is 0 Å². The van der Waals surface area contributed by atoms with E-state index in [-0.39, 0.29) is 0 Å². The molecule has 0 radical (unpaired) electrons. The smallest absolute Gasteiger partial charge is 0.164 e. The molecular weight excluding hydrogens is 623 g/mol. The van der Waals surface area contributed by atoms with E-state index in [9.17, 15) is 0 Å². The van der Waals surface area contributed by atoms with Crippen LogP contribution >= 0.6 is 0 Å². The monoisotopic (exact) mass is 655 g/mol. The summed E-state index contributed by atoms with van der Waals surface area (Å²) in [6, 6.07) is 52.5. The first kappa shape index (κ1) is 30.2. The zero-order chi connectivity index (χ0) is 34.1. The first-order valence-corrected chi connectivity index (χ1v) is 17.1. The van der Waals surface area contributed by atoms with Gasteiger partial charge in [-0.2, -0.15) is 0 Å². The third-order valence-electron chi connectivity index (χ3n) is 9.39. The number of rotatable bonds is 5. The highest BCUT2D eigenvalue weighted by atomic mass is 15.1. The molecule has 6 aromatic carbocycles. The molecule has 9 rings (SSSR count). The summed E-state index contributed by atoms with van der Waals surface area (Å²) in [4.78, 5) is 17.3. The SMILES string of the molecule is C=C1/C=C\C=C/CN(c2cccc(-c3nc(-c4ccccc4)nc(-c4ccccc4)n3)c2)c2cc3c(cc21)c1ccccc1n3-c1ccccc1. The number of allylic oxidation sites excluding steroid dienone is 4. The Hall–Kier alpha value is -6.85. The maximum atomic E-state index is 5.02. The Balaban J connectivity index is 1.24. The van der Waals surface area contributed by atoms with Crippen molar-refractivity contribution in [1.82, 2.24) is 19.5 Å². The van der Waals surface area contributed by atoms with Gasteiger partial charge in [-0.3, -0.25) is 0 Å². The third kappa shape index (κ3) is 5.61. The lowest BCUT2D eigenvalue weighted by Gasteiger charge is -2.27. The lowest BCUT2D eigenvalue weighted by atomic mass is 9.99. The largest absolute Gasteiger partial charge is 0.337 e. The molecule has 1 aliphatic rings. The average Bonchev–Trinajstić information content (AvgIpc) is 3.55. The fraction of sp³-hybridized carbons (Fsp3) is 0.0217. The minimum absolute atomic E-state index is 0.621. The maximum absolute atomic E-state index is 5.02. The van der Waals surface area contributed by atoms with Gasteiger partial charge in [-0.05, 0) is 48.0 Å². The predicted octanol–water partition coefficient (Wildman–Crippen LogP) is 11.2. The van der Waals surface area contributed by atoms with Crippen molar-refractivity contribution in [2.75, 3.05) is 11.4 Å². The highest BCUT2D eigenvalue weighted by Gasteiger charge is 2.21. The second-order valence-corrected chi connectivity index (χ2v) is 12.6. The molecule has 3 heterocycles. The van der Waals surface area contributed by atoms with Crippen LogP contribution in [0.4, 0.5) is 11.4 Å². The highest BCUT2D eigenvalue weighted by molar-refractivity contribution is 6.12. The Kier molecular flexibility index (Phi) is 7.63. The number of para-hydroxylation sites is 2. The number of fused-ring (bicyclic) bond motifs is 4. The molecule has 1 aliphatic heterocycles. The highest BCUT2D eigenvalue weighted by Crippen LogP contribution is 2.41. The number of nitrogens with zero attached hydrogens (tertiary/aromatic N) is 5. The molecule has 242 valence electrons.